The summed E-state index contributed by atoms with van der Waals surface area (Å²) < 4.78 is 10.8. The van der Waals surface area contributed by atoms with Gasteiger partial charge in [0.2, 0.25) is 5.95 Å². The predicted octanol–water partition coefficient (Wildman–Crippen LogP) is 5.56. The maximum Gasteiger partial charge on any atom is 0.407 e. The number of ether oxygens (including phenoxy) is 2. The van der Waals surface area contributed by atoms with E-state index in [4.69, 9.17) is 9.47 Å². The van der Waals surface area contributed by atoms with Crippen LogP contribution in [0.3, 0.4) is 0 Å². The number of carbonyl (C=O) groups excluding carboxylic acids is 2. The average molecular weight is 563 g/mol. The molecule has 1 heterocycles. The Kier molecular flexibility index (Phi) is 10.8. The van der Waals surface area contributed by atoms with Gasteiger partial charge in [-0.15, -0.1) is 0 Å². The van der Waals surface area contributed by atoms with E-state index < -0.39 is 17.3 Å². The van der Waals surface area contributed by atoms with Crippen LogP contribution in [-0.2, 0) is 27.2 Å². The molecule has 0 spiro atoms. The second-order valence-electron chi connectivity index (χ2n) is 11.8. The van der Waals surface area contributed by atoms with E-state index in [1.165, 1.54) is 6.33 Å². The lowest BCUT2D eigenvalue weighted by molar-refractivity contribution is -0.156. The number of benzene rings is 2. The molecule has 0 radical (unpaired) electrons. The Morgan fingerprint density at radius 3 is 2.39 bits per heavy atom. The molecule has 0 saturated heterocycles. The van der Waals surface area contributed by atoms with Crippen molar-refractivity contribution in [3.63, 3.8) is 0 Å². The van der Waals surface area contributed by atoms with Crippen molar-refractivity contribution in [3.8, 4) is 11.4 Å². The van der Waals surface area contributed by atoms with Gasteiger partial charge in [0.25, 0.3) is 0 Å². The number of aryl methyl sites for hydroxylation is 1. The van der Waals surface area contributed by atoms with Crippen LogP contribution >= 0.6 is 0 Å². The van der Waals surface area contributed by atoms with Gasteiger partial charge < -0.3 is 25.4 Å². The van der Waals surface area contributed by atoms with E-state index in [0.29, 0.717) is 18.3 Å². The number of carbonyl (C=O) groups is 2. The first-order valence-electron chi connectivity index (χ1n) is 13.9. The molecule has 3 aromatic rings. The molecule has 3 rings (SSSR count). The highest BCUT2D eigenvalue weighted by atomic mass is 16.6. The van der Waals surface area contributed by atoms with Crippen molar-refractivity contribution in [3.05, 3.63) is 66.0 Å². The molecule has 220 valence electrons. The van der Waals surface area contributed by atoms with Crippen LogP contribution in [0.15, 0.2) is 54.9 Å². The molecule has 10 nitrogen and oxygen atoms in total. The number of amides is 1. The minimum Gasteiger partial charge on any atom is -0.459 e. The van der Waals surface area contributed by atoms with Crippen LogP contribution in [0.5, 0.6) is 0 Å². The summed E-state index contributed by atoms with van der Waals surface area (Å²) >= 11 is 0. The molecule has 0 aliphatic heterocycles. The number of nitrogens with one attached hydrogen (secondary N) is 3. The summed E-state index contributed by atoms with van der Waals surface area (Å²) in [4.78, 5) is 37.6. The van der Waals surface area contributed by atoms with E-state index in [2.05, 4.69) is 43.0 Å². The van der Waals surface area contributed by atoms with Gasteiger partial charge in [-0.25, -0.2) is 14.8 Å². The minimum absolute atomic E-state index is 0.249. The van der Waals surface area contributed by atoms with Gasteiger partial charge in [-0.3, -0.25) is 4.79 Å². The zero-order chi connectivity index (χ0) is 30.0. The van der Waals surface area contributed by atoms with Crippen LogP contribution in [0.2, 0.25) is 0 Å². The molecule has 10 heteroatoms. The Balaban J connectivity index is 1.59. The molecule has 1 aromatic heterocycles. The summed E-state index contributed by atoms with van der Waals surface area (Å²) in [5.41, 5.74) is 2.57. The molecule has 2 aromatic carbocycles. The fraction of sp³-hybridized carbons (Fsp3) is 0.452. The number of alkyl carbamates (subject to hydrolysis) is 1. The fourth-order valence-electron chi connectivity index (χ4n) is 3.84. The van der Waals surface area contributed by atoms with Crippen LogP contribution in [0.1, 0.15) is 66.0 Å². The van der Waals surface area contributed by atoms with Crippen LogP contribution in [-0.4, -0.2) is 50.8 Å². The third-order valence-electron chi connectivity index (χ3n) is 5.70. The second-order valence-corrected chi connectivity index (χ2v) is 11.8. The largest absolute Gasteiger partial charge is 0.459 e. The molecule has 1 atom stereocenters. The number of rotatable bonds is 11. The quantitative estimate of drug-likeness (QED) is 0.203. The zero-order valence-corrected chi connectivity index (χ0v) is 25.1. The Morgan fingerprint density at radius 2 is 1.66 bits per heavy atom. The summed E-state index contributed by atoms with van der Waals surface area (Å²) in [6.45, 7) is 13.8. The smallest absolute Gasteiger partial charge is 0.407 e. The SMILES string of the molecule is C[C@@H](NCCCc1cccc(-c2ncnc(Nc3ccccc3CNC(=O)OC(C)(C)C)n2)c1)C(=O)OC(C)(C)C. The molecule has 3 N–H and O–H groups in total. The number of para-hydroxylation sites is 1. The Morgan fingerprint density at radius 1 is 0.927 bits per heavy atom. The van der Waals surface area contributed by atoms with Gasteiger partial charge in [0, 0.05) is 17.8 Å². The van der Waals surface area contributed by atoms with Gasteiger partial charge in [0.15, 0.2) is 5.82 Å². The van der Waals surface area contributed by atoms with Crippen molar-refractivity contribution >= 4 is 23.7 Å². The molecular weight excluding hydrogens is 520 g/mol. The zero-order valence-electron chi connectivity index (χ0n) is 25.1. The number of aromatic nitrogens is 3. The summed E-state index contributed by atoms with van der Waals surface area (Å²) in [6, 6.07) is 15.3. The minimum atomic E-state index is -0.572. The molecule has 0 aliphatic carbocycles. The highest BCUT2D eigenvalue weighted by molar-refractivity contribution is 5.75. The molecule has 1 amide bonds. The van der Waals surface area contributed by atoms with Crippen LogP contribution < -0.4 is 16.0 Å². The van der Waals surface area contributed by atoms with E-state index in [-0.39, 0.29) is 18.6 Å². The maximum atomic E-state index is 12.2. The topological polar surface area (TPSA) is 127 Å². The summed E-state index contributed by atoms with van der Waals surface area (Å²) in [6.07, 6.45) is 2.68. The monoisotopic (exact) mass is 562 g/mol. The molecular formula is C31H42N6O4. The van der Waals surface area contributed by atoms with E-state index >= 15 is 0 Å². The molecule has 0 unspecified atom stereocenters. The molecule has 0 saturated carbocycles. The van der Waals surface area contributed by atoms with Crippen molar-refractivity contribution in [2.45, 2.75) is 85.1 Å². The molecule has 0 fully saturated rings. The van der Waals surface area contributed by atoms with Gasteiger partial charge in [-0.1, -0.05) is 36.4 Å². The third kappa shape index (κ3) is 11.2. The Bertz CT molecular complexity index is 1320. The van der Waals surface area contributed by atoms with E-state index in [9.17, 15) is 9.59 Å². The number of anilines is 2. The lowest BCUT2D eigenvalue weighted by Crippen LogP contribution is -2.39. The standard InChI is InChI=1S/C31H42N6O4/c1-21(27(38)40-30(2,3)4)32-17-11-13-22-12-10-15-23(18-22)26-34-20-35-28(37-26)36-25-16-9-8-14-24(25)19-33-29(39)41-31(5,6)7/h8-10,12,14-16,18,20-21,32H,11,13,17,19H2,1-7H3,(H,33,39)(H,34,35,36,37)/t21-/m1/s1. The van der Waals surface area contributed by atoms with Crippen molar-refractivity contribution in [2.75, 3.05) is 11.9 Å². The molecule has 0 bridgehead atoms. The van der Waals surface area contributed by atoms with Crippen molar-refractivity contribution in [2.24, 2.45) is 0 Å². The first-order chi connectivity index (χ1) is 19.3. The van der Waals surface area contributed by atoms with E-state index in [1.807, 2.05) is 84.9 Å². The maximum absolute atomic E-state index is 12.2. The van der Waals surface area contributed by atoms with Gasteiger partial charge in [0.05, 0.1) is 0 Å². The van der Waals surface area contributed by atoms with E-state index in [1.54, 1.807) is 0 Å². The number of hydrogen-bond acceptors (Lipinski definition) is 9. The fourth-order valence-corrected chi connectivity index (χ4v) is 3.84. The third-order valence-corrected chi connectivity index (χ3v) is 5.70. The van der Waals surface area contributed by atoms with Gasteiger partial charge in [-0.2, -0.15) is 4.98 Å². The highest BCUT2D eigenvalue weighted by Crippen LogP contribution is 2.22. The summed E-state index contributed by atoms with van der Waals surface area (Å²) in [7, 11) is 0. The first kappa shape index (κ1) is 31.5. The summed E-state index contributed by atoms with van der Waals surface area (Å²) in [5.74, 6) is 0.691. The molecule has 41 heavy (non-hydrogen) atoms. The Hall–Kier alpha value is -4.05. The van der Waals surface area contributed by atoms with Crippen molar-refractivity contribution in [1.29, 1.82) is 0 Å². The number of nitrogens with zero attached hydrogens (tertiary/aromatic N) is 3. The van der Waals surface area contributed by atoms with E-state index in [0.717, 1.165) is 35.2 Å². The van der Waals surface area contributed by atoms with Crippen LogP contribution in [0, 0.1) is 0 Å². The lowest BCUT2D eigenvalue weighted by Gasteiger charge is -2.22. The normalized spacial score (nSPS) is 12.4. The number of hydrogen-bond donors (Lipinski definition) is 3. The van der Waals surface area contributed by atoms with Gasteiger partial charge in [-0.05, 0) is 91.1 Å². The summed E-state index contributed by atoms with van der Waals surface area (Å²) in [5, 5.41) is 9.26. The van der Waals surface area contributed by atoms with Crippen molar-refractivity contribution in [1.82, 2.24) is 25.6 Å². The Labute approximate surface area is 242 Å². The lowest BCUT2D eigenvalue weighted by atomic mass is 10.1. The van der Waals surface area contributed by atoms with Gasteiger partial charge in [0.1, 0.15) is 23.6 Å². The highest BCUT2D eigenvalue weighted by Gasteiger charge is 2.21. The van der Waals surface area contributed by atoms with Gasteiger partial charge >= 0.3 is 12.1 Å². The van der Waals surface area contributed by atoms with Crippen molar-refractivity contribution < 1.29 is 19.1 Å². The van der Waals surface area contributed by atoms with Crippen LogP contribution in [0.4, 0.5) is 16.4 Å². The number of esters is 1. The molecule has 0 aliphatic rings. The second kappa shape index (κ2) is 14.0. The average Bonchev–Trinajstić information content (AvgIpc) is 2.89. The first-order valence-corrected chi connectivity index (χ1v) is 13.9. The predicted molar refractivity (Wildman–Crippen MR) is 160 cm³/mol. The van der Waals surface area contributed by atoms with Crippen LogP contribution in [0.25, 0.3) is 11.4 Å².